The molecule has 0 bridgehead atoms. The van der Waals surface area contributed by atoms with Crippen molar-refractivity contribution in [2.24, 2.45) is 0 Å². The van der Waals surface area contributed by atoms with E-state index in [9.17, 15) is 0 Å². The van der Waals surface area contributed by atoms with Gasteiger partial charge in [-0.2, -0.15) is 5.26 Å². The van der Waals surface area contributed by atoms with E-state index in [1.807, 2.05) is 19.1 Å². The van der Waals surface area contributed by atoms with Crippen LogP contribution in [-0.2, 0) is 0 Å². The van der Waals surface area contributed by atoms with Crippen LogP contribution in [0.3, 0.4) is 0 Å². The molecule has 2 N–H and O–H groups in total. The Bertz CT molecular complexity index is 645. The van der Waals surface area contributed by atoms with Crippen LogP contribution in [0.4, 0.5) is 5.69 Å². The van der Waals surface area contributed by atoms with Crippen molar-refractivity contribution in [1.82, 2.24) is 0 Å². The number of anilines is 1. The van der Waals surface area contributed by atoms with Gasteiger partial charge in [0, 0.05) is 11.8 Å². The van der Waals surface area contributed by atoms with E-state index in [2.05, 4.69) is 6.07 Å². The standard InChI is InChI=1S/C15H14N2O2/c1-10-4-3-5-11(9-16)15(10)19-14-8-12(17)6-7-13(14)18-2/h3-8H,17H2,1-2H3. The van der Waals surface area contributed by atoms with Gasteiger partial charge >= 0.3 is 0 Å². The minimum atomic E-state index is 0.476. The molecule has 0 aliphatic heterocycles. The summed E-state index contributed by atoms with van der Waals surface area (Å²) in [5, 5.41) is 9.12. The largest absolute Gasteiger partial charge is 0.493 e. The number of hydrogen-bond acceptors (Lipinski definition) is 4. The van der Waals surface area contributed by atoms with Crippen molar-refractivity contribution in [2.45, 2.75) is 6.92 Å². The van der Waals surface area contributed by atoms with E-state index in [0.29, 0.717) is 28.5 Å². The third-order valence-corrected chi connectivity index (χ3v) is 2.73. The highest BCUT2D eigenvalue weighted by Crippen LogP contribution is 2.35. The predicted octanol–water partition coefficient (Wildman–Crippen LogP) is 3.25. The van der Waals surface area contributed by atoms with E-state index in [-0.39, 0.29) is 0 Å². The van der Waals surface area contributed by atoms with Gasteiger partial charge < -0.3 is 15.2 Å². The Morgan fingerprint density at radius 3 is 2.63 bits per heavy atom. The number of hydrogen-bond donors (Lipinski definition) is 1. The molecule has 4 nitrogen and oxygen atoms in total. The Hall–Kier alpha value is -2.67. The number of nitrogens with zero attached hydrogens (tertiary/aromatic N) is 1. The maximum atomic E-state index is 9.12. The fourth-order valence-corrected chi connectivity index (χ4v) is 1.76. The lowest BCUT2D eigenvalue weighted by atomic mass is 10.1. The number of methoxy groups -OCH3 is 1. The maximum Gasteiger partial charge on any atom is 0.171 e. The van der Waals surface area contributed by atoms with Crippen LogP contribution in [0.5, 0.6) is 17.2 Å². The van der Waals surface area contributed by atoms with Crippen molar-refractivity contribution in [3.63, 3.8) is 0 Å². The molecule has 2 aromatic carbocycles. The van der Waals surface area contributed by atoms with E-state index >= 15 is 0 Å². The molecule has 0 fully saturated rings. The molecule has 0 heterocycles. The Morgan fingerprint density at radius 1 is 1.16 bits per heavy atom. The quantitative estimate of drug-likeness (QED) is 0.854. The van der Waals surface area contributed by atoms with E-state index in [0.717, 1.165) is 5.56 Å². The molecule has 4 heteroatoms. The summed E-state index contributed by atoms with van der Waals surface area (Å²) in [7, 11) is 1.56. The number of ether oxygens (including phenoxy) is 2. The Morgan fingerprint density at radius 2 is 1.95 bits per heavy atom. The summed E-state index contributed by atoms with van der Waals surface area (Å²) in [5.74, 6) is 1.59. The molecule has 0 atom stereocenters. The van der Waals surface area contributed by atoms with Gasteiger partial charge in [0.1, 0.15) is 11.8 Å². The lowest BCUT2D eigenvalue weighted by Crippen LogP contribution is -1.95. The van der Waals surface area contributed by atoms with Crippen LogP contribution in [0, 0.1) is 18.3 Å². The molecule has 0 spiro atoms. The summed E-state index contributed by atoms with van der Waals surface area (Å²) >= 11 is 0. The van der Waals surface area contributed by atoms with Crippen LogP contribution < -0.4 is 15.2 Å². The lowest BCUT2D eigenvalue weighted by Gasteiger charge is -2.13. The molecule has 0 aliphatic rings. The number of rotatable bonds is 3. The third kappa shape index (κ3) is 2.61. The number of nitrogen functional groups attached to an aromatic ring is 1. The van der Waals surface area contributed by atoms with Crippen molar-refractivity contribution in [2.75, 3.05) is 12.8 Å². The number of nitrogens with two attached hydrogens (primary N) is 1. The molecule has 0 amide bonds. The van der Waals surface area contributed by atoms with E-state index < -0.39 is 0 Å². The number of benzene rings is 2. The molecule has 0 aromatic heterocycles. The Balaban J connectivity index is 2.47. The molecule has 96 valence electrons. The molecule has 0 unspecified atom stereocenters. The molecule has 0 aliphatic carbocycles. The van der Waals surface area contributed by atoms with Gasteiger partial charge in [0.05, 0.1) is 12.7 Å². The molecular formula is C15H14N2O2. The summed E-state index contributed by atoms with van der Waals surface area (Å²) in [6.45, 7) is 1.88. The van der Waals surface area contributed by atoms with Crippen molar-refractivity contribution in [3.05, 3.63) is 47.5 Å². The second-order valence-corrected chi connectivity index (χ2v) is 4.08. The van der Waals surface area contributed by atoms with Gasteiger partial charge in [-0.1, -0.05) is 12.1 Å². The molecular weight excluding hydrogens is 240 g/mol. The van der Waals surface area contributed by atoms with Gasteiger partial charge in [0.2, 0.25) is 0 Å². The van der Waals surface area contributed by atoms with Crippen molar-refractivity contribution >= 4 is 5.69 Å². The molecule has 2 aromatic rings. The van der Waals surface area contributed by atoms with Gasteiger partial charge in [0.25, 0.3) is 0 Å². The second kappa shape index (κ2) is 5.32. The van der Waals surface area contributed by atoms with Crippen molar-refractivity contribution in [1.29, 1.82) is 5.26 Å². The molecule has 0 saturated carbocycles. The minimum absolute atomic E-state index is 0.476. The first-order valence-electron chi connectivity index (χ1n) is 5.76. The number of para-hydroxylation sites is 1. The van der Waals surface area contributed by atoms with E-state index in [1.54, 1.807) is 31.4 Å². The summed E-state index contributed by atoms with van der Waals surface area (Å²) in [6.07, 6.45) is 0. The smallest absolute Gasteiger partial charge is 0.171 e. The fraction of sp³-hybridized carbons (Fsp3) is 0.133. The van der Waals surface area contributed by atoms with Gasteiger partial charge in [-0.05, 0) is 30.7 Å². The highest BCUT2D eigenvalue weighted by atomic mass is 16.5. The minimum Gasteiger partial charge on any atom is -0.493 e. The Labute approximate surface area is 112 Å². The highest BCUT2D eigenvalue weighted by molar-refractivity contribution is 5.56. The van der Waals surface area contributed by atoms with E-state index in [4.69, 9.17) is 20.5 Å². The zero-order valence-corrected chi connectivity index (χ0v) is 10.8. The average Bonchev–Trinajstić information content (AvgIpc) is 2.41. The highest BCUT2D eigenvalue weighted by Gasteiger charge is 2.11. The predicted molar refractivity (Wildman–Crippen MR) is 73.4 cm³/mol. The molecule has 0 saturated heterocycles. The molecule has 2 rings (SSSR count). The van der Waals surface area contributed by atoms with Crippen molar-refractivity contribution in [3.8, 4) is 23.3 Å². The van der Waals surface area contributed by atoms with Crippen LogP contribution in [-0.4, -0.2) is 7.11 Å². The first-order chi connectivity index (χ1) is 9.15. The SMILES string of the molecule is COc1ccc(N)cc1Oc1c(C)cccc1C#N. The number of nitriles is 1. The lowest BCUT2D eigenvalue weighted by molar-refractivity contribution is 0.378. The van der Waals surface area contributed by atoms with E-state index in [1.165, 1.54) is 0 Å². The van der Waals surface area contributed by atoms with Crippen LogP contribution in [0.15, 0.2) is 36.4 Å². The van der Waals surface area contributed by atoms with Gasteiger partial charge in [-0.15, -0.1) is 0 Å². The van der Waals surface area contributed by atoms with Crippen LogP contribution in [0.25, 0.3) is 0 Å². The van der Waals surface area contributed by atoms with Crippen molar-refractivity contribution < 1.29 is 9.47 Å². The topological polar surface area (TPSA) is 68.3 Å². The monoisotopic (exact) mass is 254 g/mol. The average molecular weight is 254 g/mol. The normalized spacial score (nSPS) is 9.74. The van der Waals surface area contributed by atoms with Gasteiger partial charge in [-0.3, -0.25) is 0 Å². The fourth-order valence-electron chi connectivity index (χ4n) is 1.76. The summed E-state index contributed by atoms with van der Waals surface area (Å²) in [4.78, 5) is 0. The second-order valence-electron chi connectivity index (χ2n) is 4.08. The summed E-state index contributed by atoms with van der Waals surface area (Å²) < 4.78 is 11.0. The summed E-state index contributed by atoms with van der Waals surface area (Å²) in [5.41, 5.74) is 7.67. The summed E-state index contributed by atoms with van der Waals surface area (Å²) in [6, 6.07) is 12.7. The zero-order valence-electron chi connectivity index (χ0n) is 10.8. The van der Waals surface area contributed by atoms with Crippen LogP contribution in [0.2, 0.25) is 0 Å². The van der Waals surface area contributed by atoms with Crippen LogP contribution >= 0.6 is 0 Å². The zero-order chi connectivity index (χ0) is 13.8. The first kappa shape index (κ1) is 12.8. The van der Waals surface area contributed by atoms with Gasteiger partial charge in [-0.25, -0.2) is 0 Å². The molecule has 0 radical (unpaired) electrons. The van der Waals surface area contributed by atoms with Crippen LogP contribution in [0.1, 0.15) is 11.1 Å². The maximum absolute atomic E-state index is 9.12. The number of aryl methyl sites for hydroxylation is 1. The first-order valence-corrected chi connectivity index (χ1v) is 5.76. The Kier molecular flexibility index (Phi) is 3.58. The van der Waals surface area contributed by atoms with Gasteiger partial charge in [0.15, 0.2) is 11.5 Å². The third-order valence-electron chi connectivity index (χ3n) is 2.73. The molecule has 19 heavy (non-hydrogen) atoms.